The highest BCUT2D eigenvalue weighted by Gasteiger charge is 2.07. The fraction of sp³-hybridized carbons (Fsp3) is 0.0625. The largest absolute Gasteiger partial charge is 0.422 e. The molecule has 0 atom stereocenters. The summed E-state index contributed by atoms with van der Waals surface area (Å²) in [6.07, 6.45) is 0. The minimum atomic E-state index is -0.309. The first-order valence-corrected chi connectivity index (χ1v) is 5.84. The second-order valence-electron chi connectivity index (χ2n) is 4.28. The molecule has 0 amide bonds. The zero-order chi connectivity index (χ0) is 12.5. The van der Waals surface area contributed by atoms with Gasteiger partial charge in [-0.1, -0.05) is 42.5 Å². The summed E-state index contributed by atoms with van der Waals surface area (Å²) in [5, 5.41) is 0.951. The molecule has 1 heterocycles. The van der Waals surface area contributed by atoms with E-state index < -0.39 is 0 Å². The minimum Gasteiger partial charge on any atom is -0.422 e. The van der Waals surface area contributed by atoms with Gasteiger partial charge in [-0.3, -0.25) is 0 Å². The lowest BCUT2D eigenvalue weighted by Gasteiger charge is -2.08. The van der Waals surface area contributed by atoms with Gasteiger partial charge < -0.3 is 4.42 Å². The van der Waals surface area contributed by atoms with Gasteiger partial charge in [0.1, 0.15) is 5.58 Å². The summed E-state index contributed by atoms with van der Waals surface area (Å²) in [5.74, 6) is 0. The van der Waals surface area contributed by atoms with Crippen LogP contribution >= 0.6 is 0 Å². The zero-order valence-corrected chi connectivity index (χ0v) is 10.0. The molecular formula is C16H12O2. The van der Waals surface area contributed by atoms with Crippen molar-refractivity contribution >= 4 is 11.0 Å². The van der Waals surface area contributed by atoms with Crippen LogP contribution in [0.5, 0.6) is 0 Å². The number of rotatable bonds is 1. The highest BCUT2D eigenvalue weighted by molar-refractivity contribution is 5.86. The first-order chi connectivity index (χ1) is 8.75. The van der Waals surface area contributed by atoms with Crippen molar-refractivity contribution in [3.05, 3.63) is 70.6 Å². The predicted molar refractivity (Wildman–Crippen MR) is 72.7 cm³/mol. The van der Waals surface area contributed by atoms with Gasteiger partial charge in [0.2, 0.25) is 0 Å². The third-order valence-electron chi connectivity index (χ3n) is 3.12. The van der Waals surface area contributed by atoms with Crippen LogP contribution in [-0.2, 0) is 0 Å². The lowest BCUT2D eigenvalue weighted by Crippen LogP contribution is -1.96. The van der Waals surface area contributed by atoms with Crippen molar-refractivity contribution in [1.29, 1.82) is 0 Å². The second kappa shape index (κ2) is 4.15. The Hall–Kier alpha value is -2.35. The maximum Gasteiger partial charge on any atom is 0.336 e. The maximum absolute atomic E-state index is 11.3. The predicted octanol–water partition coefficient (Wildman–Crippen LogP) is 3.77. The van der Waals surface area contributed by atoms with Gasteiger partial charge in [-0.25, -0.2) is 4.79 Å². The van der Waals surface area contributed by atoms with Gasteiger partial charge in [-0.05, 0) is 24.1 Å². The van der Waals surface area contributed by atoms with Crippen LogP contribution in [0.2, 0.25) is 0 Å². The molecule has 2 aromatic carbocycles. The van der Waals surface area contributed by atoms with E-state index in [1.54, 1.807) is 6.07 Å². The molecule has 0 radical (unpaired) electrons. The lowest BCUT2D eigenvalue weighted by atomic mass is 9.98. The van der Waals surface area contributed by atoms with E-state index >= 15 is 0 Å². The van der Waals surface area contributed by atoms with Crippen LogP contribution in [0.1, 0.15) is 5.56 Å². The molecular weight excluding hydrogens is 224 g/mol. The molecule has 0 aliphatic carbocycles. The molecule has 2 nitrogen and oxygen atoms in total. The van der Waals surface area contributed by atoms with Crippen LogP contribution in [0.25, 0.3) is 22.1 Å². The normalized spacial score (nSPS) is 10.7. The first kappa shape index (κ1) is 10.8. The van der Waals surface area contributed by atoms with Gasteiger partial charge in [-0.15, -0.1) is 0 Å². The molecule has 0 aliphatic heterocycles. The van der Waals surface area contributed by atoms with Crippen LogP contribution in [0.3, 0.4) is 0 Å². The number of hydrogen-bond donors (Lipinski definition) is 0. The fourth-order valence-corrected chi connectivity index (χ4v) is 2.20. The van der Waals surface area contributed by atoms with E-state index in [-0.39, 0.29) is 5.63 Å². The molecule has 0 saturated heterocycles. The minimum absolute atomic E-state index is 0.309. The molecule has 18 heavy (non-hydrogen) atoms. The Labute approximate surface area is 105 Å². The van der Waals surface area contributed by atoms with Crippen molar-refractivity contribution in [2.45, 2.75) is 6.92 Å². The molecule has 0 unspecified atom stereocenters. The Morgan fingerprint density at radius 2 is 1.61 bits per heavy atom. The summed E-state index contributed by atoms with van der Waals surface area (Å²) in [5.41, 5.74) is 3.58. The van der Waals surface area contributed by atoms with E-state index in [0.717, 1.165) is 22.1 Å². The average molecular weight is 236 g/mol. The Morgan fingerprint density at radius 1 is 0.889 bits per heavy atom. The van der Waals surface area contributed by atoms with Crippen LogP contribution in [0.4, 0.5) is 0 Å². The number of fused-ring (bicyclic) bond motifs is 1. The number of aryl methyl sites for hydroxylation is 1. The summed E-state index contributed by atoms with van der Waals surface area (Å²) in [6, 6.07) is 17.4. The lowest BCUT2D eigenvalue weighted by molar-refractivity contribution is 0.559. The zero-order valence-electron chi connectivity index (χ0n) is 10.0. The van der Waals surface area contributed by atoms with Gasteiger partial charge >= 0.3 is 5.63 Å². The monoisotopic (exact) mass is 236 g/mol. The van der Waals surface area contributed by atoms with Gasteiger partial charge in [0.25, 0.3) is 0 Å². The second-order valence-corrected chi connectivity index (χ2v) is 4.28. The van der Waals surface area contributed by atoms with Crippen LogP contribution in [0, 0.1) is 6.92 Å². The van der Waals surface area contributed by atoms with Crippen molar-refractivity contribution in [2.75, 3.05) is 0 Å². The van der Waals surface area contributed by atoms with E-state index in [0.29, 0.717) is 5.58 Å². The highest BCUT2D eigenvalue weighted by atomic mass is 16.4. The Bertz CT molecular complexity index is 755. The van der Waals surface area contributed by atoms with Crippen molar-refractivity contribution < 1.29 is 4.42 Å². The maximum atomic E-state index is 11.3. The first-order valence-electron chi connectivity index (χ1n) is 5.84. The molecule has 88 valence electrons. The summed E-state index contributed by atoms with van der Waals surface area (Å²) >= 11 is 0. The van der Waals surface area contributed by atoms with E-state index in [2.05, 4.69) is 18.2 Å². The molecule has 2 heteroatoms. The van der Waals surface area contributed by atoms with Crippen molar-refractivity contribution in [3.8, 4) is 11.1 Å². The smallest absolute Gasteiger partial charge is 0.336 e. The Morgan fingerprint density at radius 3 is 2.39 bits per heavy atom. The molecule has 0 bridgehead atoms. The Balaban J connectivity index is 2.33. The third-order valence-corrected chi connectivity index (χ3v) is 3.12. The fourth-order valence-electron chi connectivity index (χ4n) is 2.20. The quantitative estimate of drug-likeness (QED) is 0.602. The summed E-state index contributed by atoms with van der Waals surface area (Å²) in [7, 11) is 0. The third kappa shape index (κ3) is 1.72. The van der Waals surface area contributed by atoms with E-state index in [9.17, 15) is 4.79 Å². The Kier molecular flexibility index (Phi) is 2.49. The highest BCUT2D eigenvalue weighted by Crippen LogP contribution is 2.28. The topological polar surface area (TPSA) is 30.2 Å². The van der Waals surface area contributed by atoms with Gasteiger partial charge in [0.15, 0.2) is 0 Å². The molecule has 3 rings (SSSR count). The average Bonchev–Trinajstić information content (AvgIpc) is 2.41. The van der Waals surface area contributed by atoms with Gasteiger partial charge in [0, 0.05) is 17.0 Å². The molecule has 0 saturated carbocycles. The molecule has 1 aromatic heterocycles. The van der Waals surface area contributed by atoms with Crippen LogP contribution in [-0.4, -0.2) is 0 Å². The summed E-state index contributed by atoms with van der Waals surface area (Å²) in [6.45, 7) is 1.98. The summed E-state index contributed by atoms with van der Waals surface area (Å²) in [4.78, 5) is 11.3. The molecule has 0 aliphatic rings. The van der Waals surface area contributed by atoms with Crippen molar-refractivity contribution in [1.82, 2.24) is 0 Å². The van der Waals surface area contributed by atoms with E-state index in [4.69, 9.17) is 4.42 Å². The van der Waals surface area contributed by atoms with Crippen LogP contribution < -0.4 is 5.63 Å². The number of benzene rings is 2. The van der Waals surface area contributed by atoms with Gasteiger partial charge in [-0.2, -0.15) is 0 Å². The van der Waals surface area contributed by atoms with Crippen LogP contribution in [0.15, 0.2) is 63.8 Å². The van der Waals surface area contributed by atoms with Gasteiger partial charge in [0.05, 0.1) is 0 Å². The summed E-state index contributed by atoms with van der Waals surface area (Å²) < 4.78 is 5.30. The molecule has 0 spiro atoms. The number of hydrogen-bond acceptors (Lipinski definition) is 2. The SMILES string of the molecule is Cc1c(-c2ccccc2)ccc2ccc(=O)oc12. The molecule has 0 N–H and O–H groups in total. The van der Waals surface area contributed by atoms with Crippen molar-refractivity contribution in [3.63, 3.8) is 0 Å². The molecule has 0 fully saturated rings. The molecule has 3 aromatic rings. The van der Waals surface area contributed by atoms with E-state index in [1.807, 2.05) is 31.2 Å². The van der Waals surface area contributed by atoms with Crippen molar-refractivity contribution in [2.24, 2.45) is 0 Å². The van der Waals surface area contributed by atoms with E-state index in [1.165, 1.54) is 6.07 Å². The standard InChI is InChI=1S/C16H12O2/c1-11-14(12-5-3-2-4-6-12)9-7-13-8-10-15(17)18-16(11)13/h2-10H,1H3.